The Bertz CT molecular complexity index is 592. The molecule has 22 heavy (non-hydrogen) atoms. The van der Waals surface area contributed by atoms with E-state index in [4.69, 9.17) is 10.2 Å². The van der Waals surface area contributed by atoms with E-state index in [2.05, 4.69) is 10.2 Å². The second kappa shape index (κ2) is 8.77. The van der Waals surface area contributed by atoms with Gasteiger partial charge in [-0.25, -0.2) is 0 Å². The van der Waals surface area contributed by atoms with Gasteiger partial charge in [0.1, 0.15) is 0 Å². The van der Waals surface area contributed by atoms with Gasteiger partial charge in [0.25, 0.3) is 5.22 Å². The summed E-state index contributed by atoms with van der Waals surface area (Å²) in [5, 5.41) is 8.22. The maximum absolute atomic E-state index is 11.5. The molecule has 2 aromatic rings. The molecule has 0 saturated heterocycles. The summed E-state index contributed by atoms with van der Waals surface area (Å²) in [6.07, 6.45) is 0.629. The largest absolute Gasteiger partial charge is 1.00 e. The van der Waals surface area contributed by atoms with Crippen molar-refractivity contribution < 1.29 is 21.6 Å². The molecule has 2 rings (SSSR count). The van der Waals surface area contributed by atoms with Crippen LogP contribution >= 0.6 is 11.8 Å². The lowest BCUT2D eigenvalue weighted by Gasteiger charge is -2.08. The molecule has 0 aliphatic heterocycles. The summed E-state index contributed by atoms with van der Waals surface area (Å²) >= 11 is 1.21. The topological polar surface area (TPSA) is 85.2 Å². The summed E-state index contributed by atoms with van der Waals surface area (Å²) in [6, 6.07) is 9.54. The molecule has 0 aliphatic rings. The van der Waals surface area contributed by atoms with Gasteiger partial charge in [0.2, 0.25) is 11.8 Å². The predicted octanol–water partition coefficient (Wildman–Crippen LogP) is -1.50. The van der Waals surface area contributed by atoms with Crippen molar-refractivity contribution in [2.45, 2.75) is 17.7 Å². The van der Waals surface area contributed by atoms with Crippen LogP contribution in [0.15, 0.2) is 40.0 Å². The third kappa shape index (κ3) is 5.32. The van der Waals surface area contributed by atoms with Crippen molar-refractivity contribution in [1.29, 1.82) is 0 Å². The van der Waals surface area contributed by atoms with Crippen molar-refractivity contribution in [1.82, 2.24) is 15.1 Å². The van der Waals surface area contributed by atoms with Gasteiger partial charge in [-0.15, -0.1) is 10.2 Å². The van der Waals surface area contributed by atoms with E-state index in [-0.39, 0.29) is 30.1 Å². The van der Waals surface area contributed by atoms with Crippen LogP contribution in [0.1, 0.15) is 17.5 Å². The van der Waals surface area contributed by atoms with Crippen LogP contribution in [-0.4, -0.2) is 40.9 Å². The molecule has 6 nitrogen and oxygen atoms in total. The van der Waals surface area contributed by atoms with Gasteiger partial charge >= 0.3 is 0 Å². The number of thioether (sulfide) groups is 1. The Kier molecular flexibility index (Phi) is 7.37. The molecule has 1 aromatic heterocycles. The molecule has 2 N–H and O–H groups in total. The third-order valence-electron chi connectivity index (χ3n) is 2.86. The number of hydrogen-bond acceptors (Lipinski definition) is 6. The standard InChI is InChI=1S/C14H18N4O2S.ClH/c1-18(2)12(19)9-21-14-17-16-13(20-14)11(15)8-10-6-4-3-5-7-10;/h3-7,11H,8-9,15H2,1-2H3;1H/p-1/t11-;/m0./s1. The van der Waals surface area contributed by atoms with E-state index in [9.17, 15) is 4.79 Å². The molecule has 0 fully saturated rings. The number of benzene rings is 1. The summed E-state index contributed by atoms with van der Waals surface area (Å²) in [5.41, 5.74) is 7.18. The summed E-state index contributed by atoms with van der Waals surface area (Å²) in [6.45, 7) is 0. The zero-order valence-corrected chi connectivity index (χ0v) is 14.0. The van der Waals surface area contributed by atoms with Crippen LogP contribution < -0.4 is 18.1 Å². The lowest BCUT2D eigenvalue weighted by Crippen LogP contribution is -3.00. The number of aromatic nitrogens is 2. The van der Waals surface area contributed by atoms with Gasteiger partial charge in [-0.05, 0) is 12.0 Å². The zero-order valence-electron chi connectivity index (χ0n) is 12.4. The van der Waals surface area contributed by atoms with Gasteiger partial charge in [0.05, 0.1) is 11.8 Å². The molecule has 0 bridgehead atoms. The minimum Gasteiger partial charge on any atom is -1.00 e. The van der Waals surface area contributed by atoms with Crippen LogP contribution in [0.4, 0.5) is 0 Å². The van der Waals surface area contributed by atoms with Crippen LogP contribution in [-0.2, 0) is 11.2 Å². The lowest BCUT2D eigenvalue weighted by molar-refractivity contribution is -0.125. The van der Waals surface area contributed by atoms with Crippen LogP contribution in [0.5, 0.6) is 0 Å². The first-order valence-corrected chi connectivity index (χ1v) is 7.50. The number of carbonyl (C=O) groups is 1. The molecule has 0 aliphatic carbocycles. The van der Waals surface area contributed by atoms with Crippen molar-refractivity contribution in [2.24, 2.45) is 5.73 Å². The average molecular weight is 342 g/mol. The highest BCUT2D eigenvalue weighted by atomic mass is 35.5. The SMILES string of the molecule is CN(C)C(=O)CSc1nnc([C@@H](N)Cc2ccccc2)o1.[Cl-]. The van der Waals surface area contributed by atoms with Crippen molar-refractivity contribution in [2.75, 3.05) is 19.8 Å². The number of carbonyl (C=O) groups excluding carboxylic acids is 1. The molecular weight excluding hydrogens is 324 g/mol. The number of rotatable bonds is 6. The summed E-state index contributed by atoms with van der Waals surface area (Å²) in [4.78, 5) is 13.0. The zero-order chi connectivity index (χ0) is 15.2. The summed E-state index contributed by atoms with van der Waals surface area (Å²) < 4.78 is 5.49. The molecule has 0 radical (unpaired) electrons. The maximum atomic E-state index is 11.5. The predicted molar refractivity (Wildman–Crippen MR) is 80.8 cm³/mol. The van der Waals surface area contributed by atoms with E-state index in [0.717, 1.165) is 5.56 Å². The fourth-order valence-electron chi connectivity index (χ4n) is 1.64. The van der Waals surface area contributed by atoms with Gasteiger partial charge in [-0.1, -0.05) is 42.1 Å². The number of nitrogens with two attached hydrogens (primary N) is 1. The minimum absolute atomic E-state index is 0. The Morgan fingerprint density at radius 3 is 2.64 bits per heavy atom. The smallest absolute Gasteiger partial charge is 0.277 e. The lowest BCUT2D eigenvalue weighted by atomic mass is 10.1. The summed E-state index contributed by atoms with van der Waals surface area (Å²) in [7, 11) is 3.41. The molecule has 0 unspecified atom stereocenters. The minimum atomic E-state index is -0.348. The molecule has 1 aromatic carbocycles. The van der Waals surface area contributed by atoms with E-state index in [0.29, 0.717) is 17.5 Å². The van der Waals surface area contributed by atoms with Gasteiger partial charge in [-0.3, -0.25) is 4.79 Å². The van der Waals surface area contributed by atoms with Crippen LogP contribution in [0.3, 0.4) is 0 Å². The highest BCUT2D eigenvalue weighted by Gasteiger charge is 2.16. The monoisotopic (exact) mass is 341 g/mol. The Balaban J connectivity index is 0.00000242. The van der Waals surface area contributed by atoms with E-state index in [1.807, 2.05) is 30.3 Å². The van der Waals surface area contributed by atoms with Crippen molar-refractivity contribution >= 4 is 17.7 Å². The highest BCUT2D eigenvalue weighted by molar-refractivity contribution is 7.99. The van der Waals surface area contributed by atoms with Crippen molar-refractivity contribution in [3.8, 4) is 0 Å². The molecule has 1 amide bonds. The fraction of sp³-hybridized carbons (Fsp3) is 0.357. The van der Waals surface area contributed by atoms with Crippen molar-refractivity contribution in [3.05, 3.63) is 41.8 Å². The van der Waals surface area contributed by atoms with Gasteiger partial charge in [0.15, 0.2) is 0 Å². The Hall–Kier alpha value is -1.57. The second-order valence-electron chi connectivity index (χ2n) is 4.78. The molecule has 120 valence electrons. The molecule has 0 spiro atoms. The highest BCUT2D eigenvalue weighted by Crippen LogP contribution is 2.20. The average Bonchev–Trinajstić information content (AvgIpc) is 2.94. The van der Waals surface area contributed by atoms with E-state index in [1.165, 1.54) is 16.7 Å². The number of amides is 1. The molecule has 1 heterocycles. The Morgan fingerprint density at radius 1 is 1.32 bits per heavy atom. The van der Waals surface area contributed by atoms with Crippen LogP contribution in [0.2, 0.25) is 0 Å². The van der Waals surface area contributed by atoms with Crippen LogP contribution in [0, 0.1) is 0 Å². The van der Waals surface area contributed by atoms with Gasteiger partial charge < -0.3 is 27.5 Å². The first-order chi connectivity index (χ1) is 10.1. The van der Waals surface area contributed by atoms with Crippen molar-refractivity contribution in [3.63, 3.8) is 0 Å². The normalized spacial score (nSPS) is 11.6. The summed E-state index contributed by atoms with van der Waals surface area (Å²) in [5.74, 6) is 0.648. The number of nitrogens with zero attached hydrogens (tertiary/aromatic N) is 3. The van der Waals surface area contributed by atoms with Gasteiger partial charge in [-0.2, -0.15) is 0 Å². The molecule has 0 saturated carbocycles. The van der Waals surface area contributed by atoms with E-state index < -0.39 is 0 Å². The fourth-order valence-corrected chi connectivity index (χ4v) is 2.38. The third-order valence-corrected chi connectivity index (χ3v) is 3.66. The first kappa shape index (κ1) is 18.5. The Morgan fingerprint density at radius 2 is 2.00 bits per heavy atom. The first-order valence-electron chi connectivity index (χ1n) is 6.52. The van der Waals surface area contributed by atoms with Gasteiger partial charge in [0, 0.05) is 14.1 Å². The Labute approximate surface area is 139 Å². The quantitative estimate of drug-likeness (QED) is 0.643. The number of hydrogen-bond donors (Lipinski definition) is 1. The molecule has 8 heteroatoms. The molecular formula is C14H18ClN4O2S-. The number of halogens is 1. The van der Waals surface area contributed by atoms with E-state index >= 15 is 0 Å². The second-order valence-corrected chi connectivity index (χ2v) is 5.71. The van der Waals surface area contributed by atoms with Crippen LogP contribution in [0.25, 0.3) is 0 Å². The van der Waals surface area contributed by atoms with E-state index in [1.54, 1.807) is 14.1 Å². The maximum Gasteiger partial charge on any atom is 0.277 e. The molecule has 1 atom stereocenters.